The molecule has 0 amide bonds. The van der Waals surface area contributed by atoms with Crippen molar-refractivity contribution in [3.63, 3.8) is 0 Å². The summed E-state index contributed by atoms with van der Waals surface area (Å²) in [5, 5.41) is 5.40. The van der Waals surface area contributed by atoms with Gasteiger partial charge >= 0.3 is 0 Å². The Bertz CT molecular complexity index is 1320. The van der Waals surface area contributed by atoms with Gasteiger partial charge in [-0.1, -0.05) is 276 Å². The third-order valence-electron chi connectivity index (χ3n) is 6.35. The molecule has 0 heterocycles. The van der Waals surface area contributed by atoms with Gasteiger partial charge in [-0.3, -0.25) is 0 Å². The Balaban J connectivity index is -0.0000000341. The number of fused-ring (bicyclic) bond motifs is 2. The molecule has 0 nitrogen and oxygen atoms in total. The molecular weight excluding hydrogens is 927 g/mol. The van der Waals surface area contributed by atoms with Crippen LogP contribution in [0.15, 0.2) is 115 Å². The van der Waals surface area contributed by atoms with Crippen LogP contribution in [-0.4, -0.2) is 0 Å². The van der Waals surface area contributed by atoms with E-state index in [0.29, 0.717) is 17.8 Å². The zero-order valence-corrected chi connectivity index (χ0v) is 49.4. The Hall–Kier alpha value is -0.0683. The van der Waals surface area contributed by atoms with Gasteiger partial charge in [0.15, 0.2) is 0 Å². The Kier molecular flexibility index (Phi) is 125. The summed E-state index contributed by atoms with van der Waals surface area (Å²) in [5.74, 6) is 1.88. The van der Waals surface area contributed by atoms with Crippen LogP contribution in [0.25, 0.3) is 21.5 Å². The van der Waals surface area contributed by atoms with Crippen molar-refractivity contribution in [3.05, 3.63) is 154 Å². The summed E-state index contributed by atoms with van der Waals surface area (Å²) in [5.41, 5.74) is 4.27. The molecule has 0 saturated heterocycles. The normalized spacial score (nSPS) is 7.22. The summed E-state index contributed by atoms with van der Waals surface area (Å²) in [7, 11) is 0. The molecule has 3 heteroatoms. The van der Waals surface area contributed by atoms with Crippen LogP contribution in [-0.2, 0) is 98.1 Å². The van der Waals surface area contributed by atoms with Gasteiger partial charge in [0.05, 0.1) is 0 Å². The molecule has 0 saturated carbocycles. The Morgan fingerprint density at radius 3 is 0.983 bits per heavy atom. The van der Waals surface area contributed by atoms with E-state index in [0.717, 1.165) is 0 Å². The average Bonchev–Trinajstić information content (AvgIpc) is 3.20. The number of hydrogen-bond acceptors (Lipinski definition) is 0. The molecular formula is C55H103Y3-3. The molecule has 0 aliphatic carbocycles. The van der Waals surface area contributed by atoms with Crippen LogP contribution in [0.3, 0.4) is 0 Å². The van der Waals surface area contributed by atoms with Crippen molar-refractivity contribution >= 4 is 21.5 Å². The Morgan fingerprint density at radius 1 is 0.293 bits per heavy atom. The maximum Gasteiger partial charge on any atom is 0 e. The molecule has 0 unspecified atom stereocenters. The molecule has 0 fully saturated rings. The molecule has 5 aromatic carbocycles. The molecule has 335 valence electrons. The van der Waals surface area contributed by atoms with Crippen molar-refractivity contribution in [2.24, 2.45) is 0 Å². The van der Waals surface area contributed by atoms with Crippen LogP contribution >= 0.6 is 0 Å². The van der Waals surface area contributed by atoms with Crippen molar-refractivity contribution in [1.82, 2.24) is 0 Å². The summed E-state index contributed by atoms with van der Waals surface area (Å²) in [6, 6.07) is 40.8. The molecule has 58 heavy (non-hydrogen) atoms. The molecule has 0 aliphatic rings. The monoisotopic (exact) mass is 1030 g/mol. The van der Waals surface area contributed by atoms with E-state index in [1.165, 1.54) is 38.2 Å². The summed E-state index contributed by atoms with van der Waals surface area (Å²) in [6.07, 6.45) is 0. The number of hydrogen-bond donors (Lipinski definition) is 0. The maximum atomic E-state index is 2.28. The first kappa shape index (κ1) is 97.3. The van der Waals surface area contributed by atoms with E-state index in [1.807, 2.05) is 103 Å². The van der Waals surface area contributed by atoms with Crippen molar-refractivity contribution in [2.45, 2.75) is 179 Å². The van der Waals surface area contributed by atoms with E-state index in [9.17, 15) is 0 Å². The Morgan fingerprint density at radius 2 is 0.621 bits per heavy atom. The fourth-order valence-electron chi connectivity index (χ4n) is 4.16. The van der Waals surface area contributed by atoms with Crippen molar-refractivity contribution in [1.29, 1.82) is 0 Å². The SMILES string of the molecule is C.C.C.CC.CC.CC.CC.CC.CC.CC.CC(C)c1ccc2ccccc2c1.CC(C)c1cccc2ccccc12.CC(C)c1ccccc1.[CH3-].[CH3-].[CH3-].[Y].[Y].[Y]. The van der Waals surface area contributed by atoms with E-state index < -0.39 is 0 Å². The first-order valence-electron chi connectivity index (χ1n) is 19.9. The van der Waals surface area contributed by atoms with Crippen LogP contribution in [0.5, 0.6) is 0 Å². The van der Waals surface area contributed by atoms with Gasteiger partial charge in [0.1, 0.15) is 0 Å². The second-order valence-electron chi connectivity index (χ2n) is 10.0. The van der Waals surface area contributed by atoms with E-state index in [4.69, 9.17) is 0 Å². The second-order valence-corrected chi connectivity index (χ2v) is 10.0. The van der Waals surface area contributed by atoms with Gasteiger partial charge in [-0.25, -0.2) is 0 Å². The van der Waals surface area contributed by atoms with E-state index in [1.54, 1.807) is 0 Å². The summed E-state index contributed by atoms with van der Waals surface area (Å²) >= 11 is 0. The summed E-state index contributed by atoms with van der Waals surface area (Å²) in [6.45, 7) is 41.3. The number of benzene rings is 5. The zero-order chi connectivity index (χ0) is 39.2. The minimum Gasteiger partial charge on any atom is -0.358 e. The van der Waals surface area contributed by atoms with Crippen molar-refractivity contribution < 1.29 is 98.1 Å². The van der Waals surface area contributed by atoms with Gasteiger partial charge < -0.3 is 22.3 Å². The fraction of sp³-hybridized carbons (Fsp3) is 0.473. The maximum absolute atomic E-state index is 2.28. The third kappa shape index (κ3) is 45.5. The van der Waals surface area contributed by atoms with Gasteiger partial charge in [0.25, 0.3) is 0 Å². The third-order valence-corrected chi connectivity index (χ3v) is 6.35. The second kappa shape index (κ2) is 74.4. The molecule has 0 aliphatic heterocycles. The van der Waals surface area contributed by atoms with E-state index in [2.05, 4.69) is 151 Å². The van der Waals surface area contributed by atoms with Crippen LogP contribution in [0, 0.1) is 22.3 Å². The summed E-state index contributed by atoms with van der Waals surface area (Å²) < 4.78 is 0. The van der Waals surface area contributed by atoms with Crippen LogP contribution in [0.2, 0.25) is 0 Å². The topological polar surface area (TPSA) is 0 Å². The number of rotatable bonds is 3. The van der Waals surface area contributed by atoms with E-state index >= 15 is 0 Å². The fourth-order valence-corrected chi connectivity index (χ4v) is 4.16. The molecule has 0 aromatic heterocycles. The molecule has 5 rings (SSSR count). The van der Waals surface area contributed by atoms with Crippen LogP contribution < -0.4 is 0 Å². The predicted octanol–water partition coefficient (Wildman–Crippen LogP) is 21.2. The average molecular weight is 1030 g/mol. The Labute approximate surface area is 447 Å². The molecule has 0 atom stereocenters. The largest absolute Gasteiger partial charge is 0.358 e. The molecule has 0 bridgehead atoms. The molecule has 3 radical (unpaired) electrons. The minimum absolute atomic E-state index is 0. The van der Waals surface area contributed by atoms with Gasteiger partial charge in [-0.2, -0.15) is 0 Å². The van der Waals surface area contributed by atoms with Crippen LogP contribution in [0.1, 0.15) is 195 Å². The first-order chi connectivity index (χ1) is 23.9. The van der Waals surface area contributed by atoms with Gasteiger partial charge in [-0.15, -0.1) is 0 Å². The van der Waals surface area contributed by atoms with Crippen LogP contribution in [0.4, 0.5) is 0 Å². The van der Waals surface area contributed by atoms with Gasteiger partial charge in [-0.05, 0) is 56.0 Å². The molecule has 0 N–H and O–H groups in total. The molecule has 0 spiro atoms. The van der Waals surface area contributed by atoms with E-state index in [-0.39, 0.29) is 143 Å². The van der Waals surface area contributed by atoms with Crippen molar-refractivity contribution in [2.75, 3.05) is 0 Å². The van der Waals surface area contributed by atoms with Crippen molar-refractivity contribution in [3.8, 4) is 0 Å². The zero-order valence-electron chi connectivity index (χ0n) is 40.9. The quantitative estimate of drug-likeness (QED) is 0.158. The standard InChI is InChI=1S/2C13H14.C9H12.7C2H6.3CH4.3CH3.3Y/c1-10(2)12-9-5-7-11-6-3-4-8-13(11)12;1-10(2)12-8-7-11-5-3-4-6-13(11)9-12;1-8(2)9-6-4-3-5-7-9;7*1-2;;;;;;;;;/h2*3-10H,1-2H3;3-8H,1-2H3;7*1-2H3;3*1H4;3*1H3;;;/q;;;;;;;;;;;;;3*-1;;;. The van der Waals surface area contributed by atoms with Gasteiger partial charge in [0.2, 0.25) is 0 Å². The van der Waals surface area contributed by atoms with Gasteiger partial charge in [0, 0.05) is 98.1 Å². The smallest absolute Gasteiger partial charge is 0 e. The molecule has 5 aromatic rings. The minimum atomic E-state index is 0. The summed E-state index contributed by atoms with van der Waals surface area (Å²) in [4.78, 5) is 0. The first-order valence-corrected chi connectivity index (χ1v) is 19.9. The predicted molar refractivity (Wildman–Crippen MR) is 275 cm³/mol.